The third kappa shape index (κ3) is 12.2. The molecular weight excluding hydrogens is 204 g/mol. The molecule has 0 saturated heterocycles. The van der Waals surface area contributed by atoms with Crippen molar-refractivity contribution in [1.29, 1.82) is 0 Å². The van der Waals surface area contributed by atoms with Crippen molar-refractivity contribution in [2.75, 3.05) is 0 Å². The highest BCUT2D eigenvalue weighted by Gasteiger charge is 2.03. The molecule has 0 radical (unpaired) electrons. The minimum atomic E-state index is 0.447. The molecule has 1 atom stereocenters. The van der Waals surface area contributed by atoms with E-state index in [2.05, 4.69) is 13.8 Å². The Kier molecular flexibility index (Phi) is 12.6. The van der Waals surface area contributed by atoms with Crippen LogP contribution in [0.3, 0.4) is 0 Å². The lowest BCUT2D eigenvalue weighted by Crippen LogP contribution is -1.98. The van der Waals surface area contributed by atoms with E-state index < -0.39 is 0 Å². The van der Waals surface area contributed by atoms with Crippen LogP contribution in [0.5, 0.6) is 0 Å². The number of alkyl halides is 1. The molecule has 15 heavy (non-hydrogen) atoms. The van der Waals surface area contributed by atoms with Crippen molar-refractivity contribution in [3.8, 4) is 0 Å². The van der Waals surface area contributed by atoms with Crippen LogP contribution in [0.4, 0.5) is 0 Å². The van der Waals surface area contributed by atoms with E-state index in [-0.39, 0.29) is 0 Å². The van der Waals surface area contributed by atoms with Crippen LogP contribution in [0.1, 0.15) is 84.5 Å². The topological polar surface area (TPSA) is 0 Å². The molecule has 0 aliphatic rings. The van der Waals surface area contributed by atoms with E-state index in [1.54, 1.807) is 0 Å². The van der Waals surface area contributed by atoms with E-state index in [0.29, 0.717) is 5.38 Å². The van der Waals surface area contributed by atoms with Gasteiger partial charge in [-0.3, -0.25) is 0 Å². The van der Waals surface area contributed by atoms with Crippen molar-refractivity contribution < 1.29 is 0 Å². The van der Waals surface area contributed by atoms with Gasteiger partial charge in [0.1, 0.15) is 0 Å². The molecule has 0 nitrogen and oxygen atoms in total. The Labute approximate surface area is 102 Å². The second-order valence-electron chi connectivity index (χ2n) is 4.65. The van der Waals surface area contributed by atoms with Crippen LogP contribution < -0.4 is 0 Å². The highest BCUT2D eigenvalue weighted by molar-refractivity contribution is 6.20. The molecule has 0 saturated carbocycles. The Bertz CT molecular complexity index is 112. The lowest BCUT2D eigenvalue weighted by Gasteiger charge is -2.08. The number of hydrogen-bond donors (Lipinski definition) is 0. The van der Waals surface area contributed by atoms with Crippen LogP contribution in [0, 0.1) is 0 Å². The lowest BCUT2D eigenvalue weighted by molar-refractivity contribution is 0.552. The summed E-state index contributed by atoms with van der Waals surface area (Å²) in [5, 5.41) is 0.447. The predicted molar refractivity (Wildman–Crippen MR) is 71.8 cm³/mol. The maximum Gasteiger partial charge on any atom is 0.0336 e. The van der Waals surface area contributed by atoms with Gasteiger partial charge in [-0.1, -0.05) is 71.6 Å². The van der Waals surface area contributed by atoms with Crippen molar-refractivity contribution in [1.82, 2.24) is 0 Å². The fourth-order valence-corrected chi connectivity index (χ4v) is 2.21. The predicted octanol–water partition coefficient (Wildman–Crippen LogP) is 5.92. The molecule has 0 aromatic carbocycles. The second-order valence-corrected chi connectivity index (χ2v) is 5.27. The second kappa shape index (κ2) is 12.4. The summed E-state index contributed by atoms with van der Waals surface area (Å²) >= 11 is 6.26. The van der Waals surface area contributed by atoms with Crippen LogP contribution >= 0.6 is 11.6 Å². The van der Waals surface area contributed by atoms with Gasteiger partial charge in [0.25, 0.3) is 0 Å². The van der Waals surface area contributed by atoms with Gasteiger partial charge in [-0.15, -0.1) is 11.6 Å². The van der Waals surface area contributed by atoms with Gasteiger partial charge in [0.05, 0.1) is 0 Å². The van der Waals surface area contributed by atoms with E-state index in [9.17, 15) is 0 Å². The largest absolute Gasteiger partial charge is 0.123 e. The average Bonchev–Trinajstić information content (AvgIpc) is 2.23. The van der Waals surface area contributed by atoms with Gasteiger partial charge in [-0.2, -0.15) is 0 Å². The number of rotatable bonds is 11. The van der Waals surface area contributed by atoms with Crippen LogP contribution in [-0.2, 0) is 0 Å². The van der Waals surface area contributed by atoms with Crippen molar-refractivity contribution in [2.45, 2.75) is 89.9 Å². The maximum atomic E-state index is 6.26. The molecule has 0 aromatic rings. The van der Waals surface area contributed by atoms with E-state index >= 15 is 0 Å². The molecule has 0 bridgehead atoms. The molecule has 0 aliphatic carbocycles. The Morgan fingerprint density at radius 2 is 1.07 bits per heavy atom. The zero-order valence-corrected chi connectivity index (χ0v) is 11.5. The molecule has 0 rings (SSSR count). The minimum absolute atomic E-state index is 0.447. The summed E-state index contributed by atoms with van der Waals surface area (Å²) in [6, 6.07) is 0. The highest BCUT2D eigenvalue weighted by Crippen LogP contribution is 2.16. The van der Waals surface area contributed by atoms with E-state index in [1.165, 1.54) is 70.6 Å². The average molecular weight is 233 g/mol. The molecule has 0 aromatic heterocycles. The van der Waals surface area contributed by atoms with Gasteiger partial charge < -0.3 is 0 Å². The number of halogens is 1. The highest BCUT2D eigenvalue weighted by atomic mass is 35.5. The fourth-order valence-electron chi connectivity index (χ4n) is 1.91. The van der Waals surface area contributed by atoms with Gasteiger partial charge in [-0.25, -0.2) is 0 Å². The first-order valence-electron chi connectivity index (χ1n) is 6.95. The Balaban J connectivity index is 3.06. The van der Waals surface area contributed by atoms with Crippen molar-refractivity contribution in [3.63, 3.8) is 0 Å². The van der Waals surface area contributed by atoms with Gasteiger partial charge in [-0.05, 0) is 12.8 Å². The number of unbranched alkanes of at least 4 members (excludes halogenated alkanes) is 7. The number of hydrogen-bond acceptors (Lipinski definition) is 0. The quantitative estimate of drug-likeness (QED) is 0.306. The summed E-state index contributed by atoms with van der Waals surface area (Å²) in [6.07, 6.45) is 14.7. The van der Waals surface area contributed by atoms with Crippen molar-refractivity contribution in [3.05, 3.63) is 0 Å². The first-order valence-corrected chi connectivity index (χ1v) is 7.39. The smallest absolute Gasteiger partial charge is 0.0336 e. The Morgan fingerprint density at radius 3 is 1.67 bits per heavy atom. The van der Waals surface area contributed by atoms with Gasteiger partial charge >= 0.3 is 0 Å². The van der Waals surface area contributed by atoms with E-state index in [1.807, 2.05) is 0 Å². The van der Waals surface area contributed by atoms with Gasteiger partial charge in [0, 0.05) is 5.38 Å². The maximum absolute atomic E-state index is 6.26. The summed E-state index contributed by atoms with van der Waals surface area (Å²) in [4.78, 5) is 0. The van der Waals surface area contributed by atoms with Crippen molar-refractivity contribution in [2.24, 2.45) is 0 Å². The standard InChI is InChI=1S/C14H29Cl/c1-3-5-7-8-9-11-13-14(15)12-10-6-4-2/h14H,3-13H2,1-2H3. The zero-order valence-electron chi connectivity index (χ0n) is 10.7. The molecule has 0 heterocycles. The third-order valence-electron chi connectivity index (χ3n) is 2.99. The molecule has 0 aliphatic heterocycles. The Morgan fingerprint density at radius 1 is 0.667 bits per heavy atom. The summed E-state index contributed by atoms with van der Waals surface area (Å²) in [7, 11) is 0. The van der Waals surface area contributed by atoms with Crippen LogP contribution in [0.2, 0.25) is 0 Å². The summed E-state index contributed by atoms with van der Waals surface area (Å²) in [6.45, 7) is 4.51. The summed E-state index contributed by atoms with van der Waals surface area (Å²) < 4.78 is 0. The molecule has 0 amide bonds. The van der Waals surface area contributed by atoms with Crippen LogP contribution in [0.25, 0.3) is 0 Å². The molecule has 0 spiro atoms. The van der Waals surface area contributed by atoms with Crippen LogP contribution in [-0.4, -0.2) is 5.38 Å². The van der Waals surface area contributed by atoms with Gasteiger partial charge in [0.2, 0.25) is 0 Å². The minimum Gasteiger partial charge on any atom is -0.123 e. The lowest BCUT2D eigenvalue weighted by atomic mass is 10.1. The van der Waals surface area contributed by atoms with Crippen molar-refractivity contribution >= 4 is 11.6 Å². The van der Waals surface area contributed by atoms with Gasteiger partial charge in [0.15, 0.2) is 0 Å². The van der Waals surface area contributed by atoms with E-state index in [4.69, 9.17) is 11.6 Å². The fraction of sp³-hybridized carbons (Fsp3) is 1.00. The summed E-state index contributed by atoms with van der Waals surface area (Å²) in [5.41, 5.74) is 0. The van der Waals surface area contributed by atoms with Crippen LogP contribution in [0.15, 0.2) is 0 Å². The molecule has 1 unspecified atom stereocenters. The molecular formula is C14H29Cl. The van der Waals surface area contributed by atoms with E-state index in [0.717, 1.165) is 0 Å². The normalized spacial score (nSPS) is 13.0. The zero-order chi connectivity index (χ0) is 11.4. The third-order valence-corrected chi connectivity index (χ3v) is 3.43. The molecule has 1 heteroatoms. The Hall–Kier alpha value is 0.290. The SMILES string of the molecule is CCCCCCCCC(Cl)CCCCC. The molecule has 92 valence electrons. The first kappa shape index (κ1) is 15.3. The molecule has 0 N–H and O–H groups in total. The summed E-state index contributed by atoms with van der Waals surface area (Å²) in [5.74, 6) is 0. The first-order chi connectivity index (χ1) is 7.31. The molecule has 0 fully saturated rings. The monoisotopic (exact) mass is 232 g/mol.